The zero-order chi connectivity index (χ0) is 11.5. The minimum Gasteiger partial charge on any atom is -0.504 e. The van der Waals surface area contributed by atoms with Gasteiger partial charge in [0, 0.05) is 0 Å². The molecule has 0 spiro atoms. The largest absolute Gasteiger partial charge is 0.504 e. The molecule has 0 aromatic heterocycles. The first-order valence-corrected chi connectivity index (χ1v) is 5.19. The number of allylic oxidation sites excluding steroid dienone is 1. The minimum absolute atomic E-state index is 0.285. The highest BCUT2D eigenvalue weighted by molar-refractivity contribution is 5.90. The van der Waals surface area contributed by atoms with Gasteiger partial charge < -0.3 is 9.47 Å². The van der Waals surface area contributed by atoms with E-state index >= 15 is 0 Å². The number of carbonyl (C=O) groups excluding carboxylic acids is 1. The van der Waals surface area contributed by atoms with Gasteiger partial charge in [-0.2, -0.15) is 0 Å². The molecule has 0 amide bonds. The fourth-order valence-electron chi connectivity index (χ4n) is 2.03. The second kappa shape index (κ2) is 4.39. The van der Waals surface area contributed by atoms with E-state index in [1.54, 1.807) is 19.4 Å². The third kappa shape index (κ3) is 1.81. The lowest BCUT2D eigenvalue weighted by Crippen LogP contribution is -2.01. The van der Waals surface area contributed by atoms with Crippen LogP contribution in [0.15, 0.2) is 24.5 Å². The summed E-state index contributed by atoms with van der Waals surface area (Å²) in [6.45, 7) is 0. The number of rotatable bonds is 2. The van der Waals surface area contributed by atoms with Gasteiger partial charge in [-0.05, 0) is 41.7 Å². The van der Waals surface area contributed by atoms with Gasteiger partial charge in [0.05, 0.1) is 26.0 Å². The molecule has 3 heteroatoms. The van der Waals surface area contributed by atoms with E-state index in [0.29, 0.717) is 5.56 Å². The Labute approximate surface area is 94.7 Å². The van der Waals surface area contributed by atoms with Crippen molar-refractivity contribution in [3.05, 3.63) is 41.2 Å². The van der Waals surface area contributed by atoms with Crippen LogP contribution in [0.5, 0.6) is 0 Å². The second-order valence-electron chi connectivity index (χ2n) is 3.74. The molecule has 0 unspecified atom stereocenters. The fraction of sp³-hybridized carbons (Fsp3) is 0.308. The normalized spacial score (nSPS) is 16.0. The minimum atomic E-state index is -0.285. The van der Waals surface area contributed by atoms with Crippen LogP contribution in [0.1, 0.15) is 27.9 Å². The highest BCUT2D eigenvalue weighted by Crippen LogP contribution is 2.32. The van der Waals surface area contributed by atoms with Crippen molar-refractivity contribution < 1.29 is 14.3 Å². The average molecular weight is 218 g/mol. The van der Waals surface area contributed by atoms with Gasteiger partial charge in [0.1, 0.15) is 0 Å². The molecule has 3 nitrogen and oxygen atoms in total. The number of ether oxygens (including phenoxy) is 2. The van der Waals surface area contributed by atoms with Gasteiger partial charge in [-0.25, -0.2) is 4.79 Å². The molecule has 0 atom stereocenters. The predicted molar refractivity (Wildman–Crippen MR) is 61.1 cm³/mol. The molecular formula is C13H14O3. The third-order valence-corrected chi connectivity index (χ3v) is 2.80. The topological polar surface area (TPSA) is 35.5 Å². The Balaban J connectivity index is 2.36. The van der Waals surface area contributed by atoms with E-state index < -0.39 is 0 Å². The van der Waals surface area contributed by atoms with Gasteiger partial charge in [-0.15, -0.1) is 0 Å². The van der Waals surface area contributed by atoms with Crippen molar-refractivity contribution in [1.82, 2.24) is 0 Å². The van der Waals surface area contributed by atoms with Gasteiger partial charge in [0.25, 0.3) is 0 Å². The monoisotopic (exact) mass is 218 g/mol. The molecule has 0 saturated heterocycles. The Kier molecular flexibility index (Phi) is 2.95. The Hall–Kier alpha value is -1.77. The molecule has 1 aliphatic carbocycles. The van der Waals surface area contributed by atoms with E-state index in [4.69, 9.17) is 9.47 Å². The first kappa shape index (κ1) is 10.7. The zero-order valence-electron chi connectivity index (χ0n) is 9.45. The molecule has 1 aromatic rings. The summed E-state index contributed by atoms with van der Waals surface area (Å²) in [5.41, 5.74) is 4.16. The van der Waals surface area contributed by atoms with E-state index in [2.05, 4.69) is 0 Å². The van der Waals surface area contributed by atoms with Crippen molar-refractivity contribution in [3.8, 4) is 0 Å². The zero-order valence-corrected chi connectivity index (χ0v) is 9.45. The SMILES string of the molecule is CO/C=C1\CCc2cc(C(=O)OC)ccc21. The second-order valence-corrected chi connectivity index (χ2v) is 3.74. The van der Waals surface area contributed by atoms with Gasteiger partial charge in [-0.3, -0.25) is 0 Å². The third-order valence-electron chi connectivity index (χ3n) is 2.80. The van der Waals surface area contributed by atoms with Crippen LogP contribution in [0.3, 0.4) is 0 Å². The lowest BCUT2D eigenvalue weighted by Gasteiger charge is -2.03. The number of benzene rings is 1. The van der Waals surface area contributed by atoms with Gasteiger partial charge in [-0.1, -0.05) is 6.07 Å². The summed E-state index contributed by atoms with van der Waals surface area (Å²) in [4.78, 5) is 11.4. The van der Waals surface area contributed by atoms with Crippen LogP contribution in [0, 0.1) is 0 Å². The molecule has 84 valence electrons. The van der Waals surface area contributed by atoms with Crippen molar-refractivity contribution >= 4 is 11.5 Å². The summed E-state index contributed by atoms with van der Waals surface area (Å²) in [6.07, 6.45) is 3.69. The molecule has 0 radical (unpaired) electrons. The average Bonchev–Trinajstić information content (AvgIpc) is 2.71. The van der Waals surface area contributed by atoms with Crippen molar-refractivity contribution in [3.63, 3.8) is 0 Å². The summed E-state index contributed by atoms with van der Waals surface area (Å²) in [5, 5.41) is 0. The molecular weight excluding hydrogens is 204 g/mol. The number of aryl methyl sites for hydroxylation is 1. The van der Waals surface area contributed by atoms with Crippen molar-refractivity contribution in [2.75, 3.05) is 14.2 Å². The van der Waals surface area contributed by atoms with Crippen LogP contribution in [0.4, 0.5) is 0 Å². The molecule has 1 aliphatic rings. The highest BCUT2D eigenvalue weighted by Gasteiger charge is 2.18. The van der Waals surface area contributed by atoms with Gasteiger partial charge in [0.15, 0.2) is 0 Å². The van der Waals surface area contributed by atoms with E-state index in [1.807, 2.05) is 12.1 Å². The number of hydrogen-bond acceptors (Lipinski definition) is 3. The van der Waals surface area contributed by atoms with Crippen LogP contribution in [0.2, 0.25) is 0 Å². The maximum Gasteiger partial charge on any atom is 0.337 e. The summed E-state index contributed by atoms with van der Waals surface area (Å²) in [7, 11) is 3.04. The van der Waals surface area contributed by atoms with Crippen molar-refractivity contribution in [2.45, 2.75) is 12.8 Å². The van der Waals surface area contributed by atoms with Crippen LogP contribution in [-0.4, -0.2) is 20.2 Å². The van der Waals surface area contributed by atoms with Crippen LogP contribution in [0.25, 0.3) is 5.57 Å². The maximum atomic E-state index is 11.4. The first-order valence-electron chi connectivity index (χ1n) is 5.19. The Bertz CT molecular complexity index is 446. The Morgan fingerprint density at radius 1 is 1.31 bits per heavy atom. The summed E-state index contributed by atoms with van der Waals surface area (Å²) in [6, 6.07) is 5.65. The standard InChI is InChI=1S/C13H14O3/c1-15-8-11-4-3-9-7-10(13(14)16-2)5-6-12(9)11/h5-8H,3-4H2,1-2H3/b11-8+. The fourth-order valence-corrected chi connectivity index (χ4v) is 2.03. The molecule has 0 saturated carbocycles. The Morgan fingerprint density at radius 3 is 2.81 bits per heavy atom. The number of hydrogen-bond donors (Lipinski definition) is 0. The molecule has 0 aliphatic heterocycles. The molecule has 2 rings (SSSR count). The lowest BCUT2D eigenvalue weighted by atomic mass is 10.1. The summed E-state index contributed by atoms with van der Waals surface area (Å²) < 4.78 is 9.72. The van der Waals surface area contributed by atoms with Crippen LogP contribution >= 0.6 is 0 Å². The maximum absolute atomic E-state index is 11.4. The van der Waals surface area contributed by atoms with Gasteiger partial charge >= 0.3 is 5.97 Å². The van der Waals surface area contributed by atoms with E-state index in [9.17, 15) is 4.79 Å². The van der Waals surface area contributed by atoms with E-state index in [0.717, 1.165) is 12.8 Å². The summed E-state index contributed by atoms with van der Waals surface area (Å²) >= 11 is 0. The molecule has 1 aromatic carbocycles. The van der Waals surface area contributed by atoms with Gasteiger partial charge in [0.2, 0.25) is 0 Å². The van der Waals surface area contributed by atoms with Crippen LogP contribution in [-0.2, 0) is 15.9 Å². The van der Waals surface area contributed by atoms with Crippen molar-refractivity contribution in [2.24, 2.45) is 0 Å². The first-order chi connectivity index (χ1) is 7.76. The van der Waals surface area contributed by atoms with Crippen LogP contribution < -0.4 is 0 Å². The highest BCUT2D eigenvalue weighted by atomic mass is 16.5. The number of fused-ring (bicyclic) bond motifs is 1. The Morgan fingerprint density at radius 2 is 2.12 bits per heavy atom. The number of methoxy groups -OCH3 is 2. The summed E-state index contributed by atoms with van der Waals surface area (Å²) in [5.74, 6) is -0.285. The number of esters is 1. The van der Waals surface area contributed by atoms with E-state index in [1.165, 1.54) is 23.8 Å². The smallest absolute Gasteiger partial charge is 0.337 e. The number of carbonyl (C=O) groups is 1. The van der Waals surface area contributed by atoms with E-state index in [-0.39, 0.29) is 5.97 Å². The van der Waals surface area contributed by atoms with Crippen molar-refractivity contribution in [1.29, 1.82) is 0 Å². The molecule has 0 fully saturated rings. The quantitative estimate of drug-likeness (QED) is 0.565. The predicted octanol–water partition coefficient (Wildman–Crippen LogP) is 2.41. The molecule has 0 N–H and O–H groups in total. The molecule has 0 bridgehead atoms. The molecule has 16 heavy (non-hydrogen) atoms. The lowest BCUT2D eigenvalue weighted by molar-refractivity contribution is 0.0600. The molecule has 0 heterocycles.